The number of thioether (sulfide) groups is 1. The van der Waals surface area contributed by atoms with Crippen LogP contribution in [0.1, 0.15) is 19.8 Å². The molecule has 0 bridgehead atoms. The summed E-state index contributed by atoms with van der Waals surface area (Å²) in [6, 6.07) is 0. The van der Waals surface area contributed by atoms with Crippen LogP contribution in [0, 0.1) is 0 Å². The molecule has 0 saturated carbocycles. The molecule has 3 nitrogen and oxygen atoms in total. The maximum Gasteiger partial charge on any atom is 0.0538 e. The molecule has 2 heterocycles. The van der Waals surface area contributed by atoms with Gasteiger partial charge in [0.1, 0.15) is 0 Å². The van der Waals surface area contributed by atoms with E-state index in [1.165, 1.54) is 30.8 Å². The standard InChI is InChI=1S/C10H19N3S/c1-2-14-10-8-13-6-4-3-5-12(13)7-9(10)11/h2-8,11H2,1H3. The number of fused-ring (bicyclic) bond motifs is 1. The Bertz CT molecular complexity index is 240. The Morgan fingerprint density at radius 2 is 1.86 bits per heavy atom. The maximum atomic E-state index is 6.06. The Morgan fingerprint density at radius 1 is 1.21 bits per heavy atom. The van der Waals surface area contributed by atoms with E-state index < -0.39 is 0 Å². The van der Waals surface area contributed by atoms with Crippen LogP contribution in [0.25, 0.3) is 0 Å². The van der Waals surface area contributed by atoms with Gasteiger partial charge in [0.2, 0.25) is 0 Å². The van der Waals surface area contributed by atoms with Gasteiger partial charge in [0.25, 0.3) is 0 Å². The molecule has 0 aromatic carbocycles. The van der Waals surface area contributed by atoms with Crippen molar-refractivity contribution in [2.24, 2.45) is 5.73 Å². The van der Waals surface area contributed by atoms with Gasteiger partial charge in [-0.15, -0.1) is 11.8 Å². The lowest BCUT2D eigenvalue weighted by Gasteiger charge is -2.42. The number of hydrogen-bond donors (Lipinski definition) is 1. The Kier molecular flexibility index (Phi) is 3.36. The minimum absolute atomic E-state index is 0.947. The van der Waals surface area contributed by atoms with Crippen molar-refractivity contribution < 1.29 is 0 Å². The highest BCUT2D eigenvalue weighted by atomic mass is 32.2. The summed E-state index contributed by atoms with van der Waals surface area (Å²) in [5.74, 6) is 1.13. The summed E-state index contributed by atoms with van der Waals surface area (Å²) >= 11 is 1.90. The van der Waals surface area contributed by atoms with Crippen molar-refractivity contribution in [1.82, 2.24) is 10.0 Å². The number of hydrogen-bond acceptors (Lipinski definition) is 4. The van der Waals surface area contributed by atoms with Crippen LogP contribution in [-0.2, 0) is 0 Å². The van der Waals surface area contributed by atoms with E-state index in [1.807, 2.05) is 11.8 Å². The van der Waals surface area contributed by atoms with E-state index in [1.54, 1.807) is 0 Å². The van der Waals surface area contributed by atoms with Gasteiger partial charge in [0.15, 0.2) is 0 Å². The zero-order valence-electron chi connectivity index (χ0n) is 8.83. The van der Waals surface area contributed by atoms with Crippen LogP contribution >= 0.6 is 11.8 Å². The highest BCUT2D eigenvalue weighted by Crippen LogP contribution is 2.26. The average Bonchev–Trinajstić information content (AvgIpc) is 2.19. The van der Waals surface area contributed by atoms with Gasteiger partial charge in [-0.3, -0.25) is 0 Å². The molecule has 1 saturated heterocycles. The molecule has 4 heteroatoms. The van der Waals surface area contributed by atoms with Crippen LogP contribution in [0.5, 0.6) is 0 Å². The lowest BCUT2D eigenvalue weighted by Crippen LogP contribution is -2.52. The zero-order chi connectivity index (χ0) is 9.97. The molecule has 0 aromatic rings. The lowest BCUT2D eigenvalue weighted by atomic mass is 10.2. The SMILES string of the molecule is CCSC1=C(N)CN2CCCCN2C1. The van der Waals surface area contributed by atoms with E-state index in [9.17, 15) is 0 Å². The molecule has 0 aliphatic carbocycles. The summed E-state index contributed by atoms with van der Waals surface area (Å²) in [4.78, 5) is 1.39. The largest absolute Gasteiger partial charge is 0.400 e. The van der Waals surface area contributed by atoms with Crippen LogP contribution in [0.4, 0.5) is 0 Å². The van der Waals surface area contributed by atoms with Crippen LogP contribution in [0.2, 0.25) is 0 Å². The predicted octanol–water partition coefficient (Wildman–Crippen LogP) is 1.24. The minimum Gasteiger partial charge on any atom is -0.400 e. The first-order valence-corrected chi connectivity index (χ1v) is 6.40. The summed E-state index contributed by atoms with van der Waals surface area (Å²) in [7, 11) is 0. The maximum absolute atomic E-state index is 6.06. The third kappa shape index (κ3) is 2.07. The van der Waals surface area contributed by atoms with Gasteiger partial charge < -0.3 is 5.73 Å². The second-order valence-corrected chi connectivity index (χ2v) is 5.22. The van der Waals surface area contributed by atoms with E-state index in [4.69, 9.17) is 5.73 Å². The molecule has 0 radical (unpaired) electrons. The molecule has 14 heavy (non-hydrogen) atoms. The molecular weight excluding hydrogens is 194 g/mol. The van der Waals surface area contributed by atoms with Crippen molar-refractivity contribution in [2.45, 2.75) is 19.8 Å². The molecule has 0 spiro atoms. The van der Waals surface area contributed by atoms with Crippen LogP contribution < -0.4 is 5.73 Å². The summed E-state index contributed by atoms with van der Waals surface area (Å²) in [5.41, 5.74) is 7.16. The summed E-state index contributed by atoms with van der Waals surface area (Å²) in [6.07, 6.45) is 2.65. The van der Waals surface area contributed by atoms with Gasteiger partial charge in [-0.05, 0) is 18.6 Å². The fourth-order valence-corrected chi connectivity index (χ4v) is 2.93. The van der Waals surface area contributed by atoms with Crippen molar-refractivity contribution in [1.29, 1.82) is 0 Å². The summed E-state index contributed by atoms with van der Waals surface area (Å²) in [6.45, 7) is 6.58. The molecule has 2 aliphatic rings. The third-order valence-corrected chi connectivity index (χ3v) is 3.87. The normalized spacial score (nSPS) is 25.2. The molecule has 1 fully saturated rings. The zero-order valence-corrected chi connectivity index (χ0v) is 9.65. The first-order chi connectivity index (χ1) is 6.81. The van der Waals surface area contributed by atoms with E-state index in [0.29, 0.717) is 0 Å². The first kappa shape index (κ1) is 10.3. The summed E-state index contributed by atoms with van der Waals surface area (Å²) in [5, 5.41) is 4.86. The van der Waals surface area contributed by atoms with Gasteiger partial charge in [-0.25, -0.2) is 10.0 Å². The Balaban J connectivity index is 2.05. The van der Waals surface area contributed by atoms with Gasteiger partial charge in [-0.2, -0.15) is 0 Å². The number of rotatable bonds is 2. The van der Waals surface area contributed by atoms with E-state index in [-0.39, 0.29) is 0 Å². The van der Waals surface area contributed by atoms with Gasteiger partial charge in [0.05, 0.1) is 6.54 Å². The minimum atomic E-state index is 0.947. The second-order valence-electron chi connectivity index (χ2n) is 3.86. The van der Waals surface area contributed by atoms with E-state index in [2.05, 4.69) is 16.9 Å². The van der Waals surface area contributed by atoms with Crippen LogP contribution in [0.15, 0.2) is 10.6 Å². The highest BCUT2D eigenvalue weighted by molar-refractivity contribution is 8.03. The van der Waals surface area contributed by atoms with Crippen molar-refractivity contribution in [3.8, 4) is 0 Å². The molecule has 0 amide bonds. The quantitative estimate of drug-likeness (QED) is 0.748. The van der Waals surface area contributed by atoms with Crippen LogP contribution in [0.3, 0.4) is 0 Å². The van der Waals surface area contributed by atoms with Crippen molar-refractivity contribution in [3.05, 3.63) is 10.6 Å². The number of hydrazine groups is 1. The fraction of sp³-hybridized carbons (Fsp3) is 0.800. The lowest BCUT2D eigenvalue weighted by molar-refractivity contribution is -0.0412. The molecular formula is C10H19N3S. The topological polar surface area (TPSA) is 32.5 Å². The third-order valence-electron chi connectivity index (χ3n) is 2.84. The summed E-state index contributed by atoms with van der Waals surface area (Å²) < 4.78 is 0. The van der Waals surface area contributed by atoms with Gasteiger partial charge in [-0.1, -0.05) is 6.92 Å². The average molecular weight is 213 g/mol. The Morgan fingerprint density at radius 3 is 2.50 bits per heavy atom. The predicted molar refractivity (Wildman–Crippen MR) is 61.7 cm³/mol. The molecule has 2 aliphatic heterocycles. The Hall–Kier alpha value is -0.190. The van der Waals surface area contributed by atoms with Crippen molar-refractivity contribution in [3.63, 3.8) is 0 Å². The molecule has 0 atom stereocenters. The molecule has 2 rings (SSSR count). The fourth-order valence-electron chi connectivity index (χ4n) is 2.09. The Labute approximate surface area is 90.3 Å². The smallest absolute Gasteiger partial charge is 0.0538 e. The van der Waals surface area contributed by atoms with Crippen molar-refractivity contribution >= 4 is 11.8 Å². The highest BCUT2D eigenvalue weighted by Gasteiger charge is 2.26. The van der Waals surface area contributed by atoms with E-state index >= 15 is 0 Å². The molecule has 2 N–H and O–H groups in total. The molecule has 0 aromatic heterocycles. The van der Waals surface area contributed by atoms with Gasteiger partial charge in [0, 0.05) is 30.2 Å². The molecule has 80 valence electrons. The van der Waals surface area contributed by atoms with Crippen molar-refractivity contribution in [2.75, 3.05) is 31.9 Å². The second kappa shape index (κ2) is 4.55. The van der Waals surface area contributed by atoms with Gasteiger partial charge >= 0.3 is 0 Å². The number of nitrogens with zero attached hydrogens (tertiary/aromatic N) is 2. The van der Waals surface area contributed by atoms with Crippen LogP contribution in [-0.4, -0.2) is 41.9 Å². The molecule has 0 unspecified atom stereocenters. The monoisotopic (exact) mass is 213 g/mol. The first-order valence-electron chi connectivity index (χ1n) is 5.41. The number of nitrogens with two attached hydrogens (primary N) is 1. The van der Waals surface area contributed by atoms with E-state index in [0.717, 1.165) is 24.5 Å².